The molecule has 0 saturated heterocycles. The maximum absolute atomic E-state index is 10.6. The van der Waals surface area contributed by atoms with E-state index in [1.807, 2.05) is 6.92 Å². The number of halogens is 1. The van der Waals surface area contributed by atoms with Gasteiger partial charge >= 0.3 is 5.97 Å². The fourth-order valence-electron chi connectivity index (χ4n) is 1.30. The summed E-state index contributed by atoms with van der Waals surface area (Å²) in [5.74, 6) is -0.145. The molecule has 0 aliphatic rings. The van der Waals surface area contributed by atoms with Crippen molar-refractivity contribution in [1.29, 1.82) is 0 Å². The number of tetrazole rings is 1. The lowest BCUT2D eigenvalue weighted by Crippen LogP contribution is -2.10. The van der Waals surface area contributed by atoms with Crippen LogP contribution in [0.5, 0.6) is 5.75 Å². The fourth-order valence-corrected chi connectivity index (χ4v) is 2.87. The van der Waals surface area contributed by atoms with Gasteiger partial charge in [0.05, 0.1) is 10.8 Å². The molecule has 2 aromatic heterocycles. The van der Waals surface area contributed by atoms with Crippen LogP contribution in [0.2, 0.25) is 0 Å². The summed E-state index contributed by atoms with van der Waals surface area (Å²) in [4.78, 5) is 12.6. The zero-order valence-electron chi connectivity index (χ0n) is 9.55. The van der Waals surface area contributed by atoms with E-state index in [2.05, 4.69) is 31.3 Å². The van der Waals surface area contributed by atoms with Crippen molar-refractivity contribution in [3.05, 3.63) is 9.35 Å². The first-order valence-corrected chi connectivity index (χ1v) is 6.48. The number of nitrogens with zero attached hydrogens (tertiary/aromatic N) is 4. The third-order valence-corrected chi connectivity index (χ3v) is 4.22. The second-order valence-electron chi connectivity index (χ2n) is 3.44. The van der Waals surface area contributed by atoms with Gasteiger partial charge in [-0.2, -0.15) is 4.80 Å². The van der Waals surface area contributed by atoms with Gasteiger partial charge in [-0.3, -0.25) is 0 Å². The molecule has 0 unspecified atom stereocenters. The number of aliphatic carboxylic acids is 1. The molecule has 7 nitrogen and oxygen atoms in total. The Kier molecular flexibility index (Phi) is 3.62. The van der Waals surface area contributed by atoms with E-state index in [1.54, 1.807) is 7.05 Å². The molecule has 0 bridgehead atoms. The number of aromatic nitrogens is 4. The van der Waals surface area contributed by atoms with E-state index in [0.29, 0.717) is 16.5 Å². The van der Waals surface area contributed by atoms with Crippen molar-refractivity contribution in [3.63, 3.8) is 0 Å². The number of thiophene rings is 1. The van der Waals surface area contributed by atoms with E-state index in [4.69, 9.17) is 9.84 Å². The van der Waals surface area contributed by atoms with E-state index >= 15 is 0 Å². The first-order valence-electron chi connectivity index (χ1n) is 4.87. The van der Waals surface area contributed by atoms with Gasteiger partial charge in [0.2, 0.25) is 5.82 Å². The summed E-state index contributed by atoms with van der Waals surface area (Å²) in [6.45, 7) is 1.43. The number of hydrogen-bond acceptors (Lipinski definition) is 6. The number of carbonyl (C=O) groups is 1. The van der Waals surface area contributed by atoms with Crippen LogP contribution in [0.4, 0.5) is 0 Å². The third-order valence-electron chi connectivity index (χ3n) is 2.08. The van der Waals surface area contributed by atoms with E-state index in [9.17, 15) is 4.79 Å². The SMILES string of the molecule is Cc1c(Br)sc(-c2nnn(C)n2)c1OCC(=O)O. The van der Waals surface area contributed by atoms with Crippen LogP contribution in [0.3, 0.4) is 0 Å². The van der Waals surface area contributed by atoms with Crippen LogP contribution in [-0.2, 0) is 11.8 Å². The van der Waals surface area contributed by atoms with Gasteiger partial charge < -0.3 is 9.84 Å². The zero-order chi connectivity index (χ0) is 13.3. The topological polar surface area (TPSA) is 90.1 Å². The maximum atomic E-state index is 10.6. The lowest BCUT2D eigenvalue weighted by molar-refractivity contribution is -0.139. The molecule has 18 heavy (non-hydrogen) atoms. The molecule has 0 aromatic carbocycles. The average molecular weight is 333 g/mol. The Morgan fingerprint density at radius 2 is 2.33 bits per heavy atom. The molecule has 0 aliphatic carbocycles. The molecule has 0 aliphatic heterocycles. The largest absolute Gasteiger partial charge is 0.480 e. The molecule has 0 radical (unpaired) electrons. The summed E-state index contributed by atoms with van der Waals surface area (Å²) in [6, 6.07) is 0. The van der Waals surface area contributed by atoms with Gasteiger partial charge in [0.25, 0.3) is 0 Å². The Morgan fingerprint density at radius 3 is 2.89 bits per heavy atom. The predicted octanol–water partition coefficient (Wildman–Crippen LogP) is 1.47. The summed E-state index contributed by atoms with van der Waals surface area (Å²) < 4.78 is 6.13. The maximum Gasteiger partial charge on any atom is 0.341 e. The molecule has 96 valence electrons. The molecule has 0 fully saturated rings. The van der Waals surface area contributed by atoms with Crippen LogP contribution in [0, 0.1) is 6.92 Å². The van der Waals surface area contributed by atoms with E-state index in [1.165, 1.54) is 16.1 Å². The van der Waals surface area contributed by atoms with Crippen LogP contribution < -0.4 is 4.74 Å². The van der Waals surface area contributed by atoms with Gasteiger partial charge in [0, 0.05) is 5.56 Å². The number of aryl methyl sites for hydroxylation is 1. The van der Waals surface area contributed by atoms with Gasteiger partial charge in [0.1, 0.15) is 10.6 Å². The summed E-state index contributed by atoms with van der Waals surface area (Å²) in [6.07, 6.45) is 0. The highest BCUT2D eigenvalue weighted by atomic mass is 79.9. The van der Waals surface area contributed by atoms with E-state index in [-0.39, 0.29) is 0 Å². The van der Waals surface area contributed by atoms with Crippen molar-refractivity contribution in [2.24, 2.45) is 7.05 Å². The first-order chi connectivity index (χ1) is 8.49. The Hall–Kier alpha value is -1.48. The number of hydrogen-bond donors (Lipinski definition) is 1. The molecule has 2 rings (SSSR count). The van der Waals surface area contributed by atoms with Gasteiger partial charge in [-0.05, 0) is 28.1 Å². The average Bonchev–Trinajstić information content (AvgIpc) is 2.83. The highest BCUT2D eigenvalue weighted by Gasteiger charge is 2.20. The van der Waals surface area contributed by atoms with Crippen molar-refractivity contribution in [2.75, 3.05) is 6.61 Å². The highest BCUT2D eigenvalue weighted by Crippen LogP contribution is 2.43. The molecule has 0 spiro atoms. The Bertz CT molecular complexity index is 595. The summed E-state index contributed by atoms with van der Waals surface area (Å²) >= 11 is 4.77. The highest BCUT2D eigenvalue weighted by molar-refractivity contribution is 9.11. The quantitative estimate of drug-likeness (QED) is 0.911. The van der Waals surface area contributed by atoms with Crippen LogP contribution in [-0.4, -0.2) is 37.9 Å². The van der Waals surface area contributed by atoms with Gasteiger partial charge in [-0.15, -0.1) is 21.5 Å². The van der Waals surface area contributed by atoms with Gasteiger partial charge in [-0.25, -0.2) is 4.79 Å². The fraction of sp³-hybridized carbons (Fsp3) is 0.333. The predicted molar refractivity (Wildman–Crippen MR) is 67.7 cm³/mol. The summed E-state index contributed by atoms with van der Waals surface area (Å²) in [5.41, 5.74) is 0.823. The van der Waals surface area contributed by atoms with Crippen LogP contribution in [0.25, 0.3) is 10.7 Å². The van der Waals surface area contributed by atoms with E-state index in [0.717, 1.165) is 9.35 Å². The molecule has 1 N–H and O–H groups in total. The lowest BCUT2D eigenvalue weighted by Gasteiger charge is -2.03. The number of carboxylic acid groups (broad SMARTS) is 1. The Balaban J connectivity index is 2.40. The molecule has 0 atom stereocenters. The van der Waals surface area contributed by atoms with Crippen molar-refractivity contribution in [3.8, 4) is 16.5 Å². The third kappa shape index (κ3) is 2.51. The Morgan fingerprint density at radius 1 is 1.61 bits per heavy atom. The molecule has 0 amide bonds. The van der Waals surface area contributed by atoms with Gasteiger partial charge in [0.15, 0.2) is 6.61 Å². The number of rotatable bonds is 4. The molecule has 2 heterocycles. The van der Waals surface area contributed by atoms with Crippen LogP contribution in [0.1, 0.15) is 5.56 Å². The van der Waals surface area contributed by atoms with Crippen molar-refractivity contribution < 1.29 is 14.6 Å². The number of ether oxygens (including phenoxy) is 1. The van der Waals surface area contributed by atoms with Gasteiger partial charge in [-0.1, -0.05) is 0 Å². The monoisotopic (exact) mass is 332 g/mol. The second-order valence-corrected chi connectivity index (χ2v) is 5.78. The first kappa shape index (κ1) is 13.0. The smallest absolute Gasteiger partial charge is 0.341 e. The minimum atomic E-state index is -1.03. The van der Waals surface area contributed by atoms with Crippen molar-refractivity contribution >= 4 is 33.2 Å². The number of carboxylic acids is 1. The summed E-state index contributed by atoms with van der Waals surface area (Å²) in [7, 11) is 1.66. The Labute approximate surface area is 115 Å². The minimum Gasteiger partial charge on any atom is -0.480 e. The lowest BCUT2D eigenvalue weighted by atomic mass is 10.3. The summed E-state index contributed by atoms with van der Waals surface area (Å²) in [5, 5.41) is 20.4. The van der Waals surface area contributed by atoms with Crippen LogP contribution in [0.15, 0.2) is 3.79 Å². The minimum absolute atomic E-state index is 0.405. The van der Waals surface area contributed by atoms with Crippen molar-refractivity contribution in [2.45, 2.75) is 6.92 Å². The molecular formula is C9H9BrN4O3S. The second kappa shape index (κ2) is 5.02. The van der Waals surface area contributed by atoms with Crippen LogP contribution >= 0.6 is 27.3 Å². The molecular weight excluding hydrogens is 324 g/mol. The molecule has 9 heteroatoms. The van der Waals surface area contributed by atoms with Crippen molar-refractivity contribution in [1.82, 2.24) is 20.2 Å². The normalized spacial score (nSPS) is 10.6. The van der Waals surface area contributed by atoms with E-state index < -0.39 is 12.6 Å². The molecule has 0 saturated carbocycles. The standard InChI is InChI=1S/C9H9BrN4O3S/c1-4-6(17-3-5(15)16)7(18-8(4)10)9-11-13-14(2)12-9/h3H2,1-2H3,(H,15,16). The molecule has 2 aromatic rings. The zero-order valence-corrected chi connectivity index (χ0v) is 11.9.